The molecule has 84 valence electrons. The molecule has 0 unspecified atom stereocenters. The van der Waals surface area contributed by atoms with Gasteiger partial charge in [0.05, 0.1) is 6.61 Å². The van der Waals surface area contributed by atoms with Crippen molar-refractivity contribution >= 4 is 16.3 Å². The topological polar surface area (TPSA) is 138 Å². The highest BCUT2D eigenvalue weighted by Gasteiger charge is 2.32. The minimum absolute atomic E-state index is 0.445. The zero-order chi connectivity index (χ0) is 11.3. The fourth-order valence-corrected chi connectivity index (χ4v) is 0.956. The van der Waals surface area contributed by atoms with E-state index in [9.17, 15) is 4.21 Å². The molecule has 0 rings (SSSR count). The van der Waals surface area contributed by atoms with E-state index in [0.717, 1.165) is 0 Å². The Kier molecular flexibility index (Phi) is 6.04. The monoisotopic (exact) mass is 228 g/mol. The standard InChI is InChI=1S/C6H12O7S/c7-1-2(8)3(9)4(10)5(11)6(12)14-13/h2-5,7-12H,1H2/t2-,3-,4+,5-/m1/s1. The summed E-state index contributed by atoms with van der Waals surface area (Å²) in [6, 6.07) is 0. The van der Waals surface area contributed by atoms with E-state index in [4.69, 9.17) is 30.6 Å². The Morgan fingerprint density at radius 3 is 2.00 bits per heavy atom. The zero-order valence-electron chi connectivity index (χ0n) is 7.02. The van der Waals surface area contributed by atoms with Crippen molar-refractivity contribution in [2.75, 3.05) is 6.61 Å². The van der Waals surface area contributed by atoms with Gasteiger partial charge in [-0.05, 0) is 0 Å². The quantitative estimate of drug-likeness (QED) is 0.266. The Labute approximate surface area is 82.9 Å². The third-order valence-electron chi connectivity index (χ3n) is 1.59. The molecule has 0 bridgehead atoms. The molecule has 0 saturated carbocycles. The maximum Gasteiger partial charge on any atom is 0.174 e. The van der Waals surface area contributed by atoms with Gasteiger partial charge in [-0.15, -0.1) is 0 Å². The Morgan fingerprint density at radius 1 is 1.14 bits per heavy atom. The van der Waals surface area contributed by atoms with Crippen LogP contribution in [0, 0.1) is 0 Å². The minimum Gasteiger partial charge on any atom is -0.394 e. The number of hydrogen-bond acceptors (Lipinski definition) is 6. The molecule has 0 aliphatic heterocycles. The van der Waals surface area contributed by atoms with Crippen molar-refractivity contribution in [3.8, 4) is 0 Å². The first-order valence-corrected chi connectivity index (χ1v) is 4.38. The molecule has 0 heterocycles. The molecule has 0 amide bonds. The van der Waals surface area contributed by atoms with Crippen molar-refractivity contribution in [2.24, 2.45) is 0 Å². The van der Waals surface area contributed by atoms with Crippen LogP contribution in [-0.2, 0) is 11.3 Å². The molecule has 0 aliphatic rings. The summed E-state index contributed by atoms with van der Waals surface area (Å²) in [7, 11) is 0. The summed E-state index contributed by atoms with van der Waals surface area (Å²) in [6.45, 7) is -0.823. The molecular weight excluding hydrogens is 216 g/mol. The molecule has 7 nitrogen and oxygen atoms in total. The highest BCUT2D eigenvalue weighted by Crippen LogP contribution is 2.05. The predicted molar refractivity (Wildman–Crippen MR) is 46.9 cm³/mol. The van der Waals surface area contributed by atoms with Crippen LogP contribution in [0.15, 0.2) is 0 Å². The van der Waals surface area contributed by atoms with Gasteiger partial charge in [-0.25, -0.2) is 4.21 Å². The van der Waals surface area contributed by atoms with Crippen LogP contribution in [-0.4, -0.2) is 70.9 Å². The molecule has 6 N–H and O–H groups in total. The second-order valence-corrected chi connectivity index (χ2v) is 3.18. The van der Waals surface area contributed by atoms with Crippen LogP contribution < -0.4 is 0 Å². The second-order valence-electron chi connectivity index (χ2n) is 2.60. The molecule has 0 radical (unpaired) electrons. The molecule has 0 saturated heterocycles. The summed E-state index contributed by atoms with van der Waals surface area (Å²) in [6.07, 6.45) is -7.44. The highest BCUT2D eigenvalue weighted by atomic mass is 32.1. The summed E-state index contributed by atoms with van der Waals surface area (Å²) < 4.78 is 10.0. The van der Waals surface area contributed by atoms with E-state index < -0.39 is 47.3 Å². The molecule has 0 aromatic carbocycles. The Hall–Kier alpha value is -0.350. The van der Waals surface area contributed by atoms with Gasteiger partial charge < -0.3 is 30.6 Å². The largest absolute Gasteiger partial charge is 0.394 e. The smallest absolute Gasteiger partial charge is 0.174 e. The number of rotatable bonds is 5. The SMILES string of the molecule is O=S=C(O)[C@H](O)[C@@H](O)[C@H](O)[C@H](O)CO. The lowest BCUT2D eigenvalue weighted by molar-refractivity contribution is -0.102. The lowest BCUT2D eigenvalue weighted by Gasteiger charge is -2.24. The average molecular weight is 228 g/mol. The highest BCUT2D eigenvalue weighted by molar-refractivity contribution is 7.66. The van der Waals surface area contributed by atoms with E-state index in [2.05, 4.69) is 0 Å². The Balaban J connectivity index is 4.45. The van der Waals surface area contributed by atoms with Gasteiger partial charge in [0.15, 0.2) is 5.05 Å². The van der Waals surface area contributed by atoms with Crippen molar-refractivity contribution in [1.82, 2.24) is 0 Å². The van der Waals surface area contributed by atoms with Gasteiger partial charge >= 0.3 is 0 Å². The van der Waals surface area contributed by atoms with Gasteiger partial charge in [-0.1, -0.05) is 0 Å². The van der Waals surface area contributed by atoms with Gasteiger partial charge in [0, 0.05) is 0 Å². The van der Waals surface area contributed by atoms with Crippen LogP contribution in [0.5, 0.6) is 0 Å². The van der Waals surface area contributed by atoms with Gasteiger partial charge in [0.1, 0.15) is 35.7 Å². The van der Waals surface area contributed by atoms with Crippen molar-refractivity contribution < 1.29 is 34.8 Å². The first-order valence-electron chi connectivity index (χ1n) is 3.64. The molecule has 0 aromatic rings. The van der Waals surface area contributed by atoms with Gasteiger partial charge in [0.2, 0.25) is 0 Å². The molecule has 0 aliphatic carbocycles. The van der Waals surface area contributed by atoms with Gasteiger partial charge in [0.25, 0.3) is 0 Å². The minimum atomic E-state index is -1.98. The molecule has 8 heteroatoms. The molecule has 0 aromatic heterocycles. The molecule has 4 atom stereocenters. The first kappa shape index (κ1) is 13.7. The maximum absolute atomic E-state index is 10.0. The van der Waals surface area contributed by atoms with Crippen molar-refractivity contribution in [1.29, 1.82) is 0 Å². The number of hydrogen-bond donors (Lipinski definition) is 6. The second kappa shape index (κ2) is 6.19. The fourth-order valence-electron chi connectivity index (χ4n) is 0.718. The van der Waals surface area contributed by atoms with Crippen molar-refractivity contribution in [3.63, 3.8) is 0 Å². The van der Waals surface area contributed by atoms with E-state index in [1.165, 1.54) is 0 Å². The average Bonchev–Trinajstić information content (AvgIpc) is 2.23. The van der Waals surface area contributed by atoms with Crippen LogP contribution in [0.2, 0.25) is 0 Å². The number of aliphatic hydroxyl groups excluding tert-OH is 6. The summed E-state index contributed by atoms with van der Waals surface area (Å²) in [5.41, 5.74) is 0. The first-order chi connectivity index (χ1) is 6.45. The molecular formula is C6H12O7S. The lowest BCUT2D eigenvalue weighted by Crippen LogP contribution is -2.48. The zero-order valence-corrected chi connectivity index (χ0v) is 7.83. The predicted octanol–water partition coefficient (Wildman–Crippen LogP) is -3.68. The van der Waals surface area contributed by atoms with E-state index in [-0.39, 0.29) is 0 Å². The Morgan fingerprint density at radius 2 is 1.64 bits per heavy atom. The normalized spacial score (nSPS) is 19.6. The van der Waals surface area contributed by atoms with Crippen LogP contribution >= 0.6 is 0 Å². The third-order valence-corrected chi connectivity index (χ3v) is 2.01. The van der Waals surface area contributed by atoms with Crippen LogP contribution in [0.1, 0.15) is 0 Å². The van der Waals surface area contributed by atoms with Crippen molar-refractivity contribution in [3.05, 3.63) is 0 Å². The van der Waals surface area contributed by atoms with Gasteiger partial charge in [-0.2, -0.15) is 0 Å². The van der Waals surface area contributed by atoms with E-state index >= 15 is 0 Å². The van der Waals surface area contributed by atoms with E-state index in [1.807, 2.05) is 0 Å². The van der Waals surface area contributed by atoms with E-state index in [0.29, 0.717) is 0 Å². The molecule has 0 fully saturated rings. The van der Waals surface area contributed by atoms with Crippen LogP contribution in [0.3, 0.4) is 0 Å². The fraction of sp³-hybridized carbons (Fsp3) is 0.833. The third kappa shape index (κ3) is 3.42. The molecule has 0 spiro atoms. The maximum atomic E-state index is 10.0. The molecule has 14 heavy (non-hydrogen) atoms. The van der Waals surface area contributed by atoms with E-state index in [1.54, 1.807) is 0 Å². The van der Waals surface area contributed by atoms with Crippen LogP contribution in [0.25, 0.3) is 0 Å². The summed E-state index contributed by atoms with van der Waals surface area (Å²) in [5.74, 6) is 0. The Bertz CT molecular complexity index is 226. The van der Waals surface area contributed by atoms with Gasteiger partial charge in [-0.3, -0.25) is 0 Å². The number of aliphatic hydroxyl groups is 6. The lowest BCUT2D eigenvalue weighted by atomic mass is 10.0. The van der Waals surface area contributed by atoms with Crippen molar-refractivity contribution in [2.45, 2.75) is 24.4 Å². The van der Waals surface area contributed by atoms with Crippen LogP contribution in [0.4, 0.5) is 0 Å². The summed E-state index contributed by atoms with van der Waals surface area (Å²) in [4.78, 5) is 0. The summed E-state index contributed by atoms with van der Waals surface area (Å²) >= 11 is -0.445. The summed E-state index contributed by atoms with van der Waals surface area (Å²) in [5, 5.41) is 52.0.